The van der Waals surface area contributed by atoms with Crippen molar-refractivity contribution in [2.24, 2.45) is 0 Å². The Balaban J connectivity index is 2.44. The Hall–Kier alpha value is -3.08. The lowest BCUT2D eigenvalue weighted by molar-refractivity contribution is 0.338. The Labute approximate surface area is 140 Å². The quantitative estimate of drug-likeness (QED) is 0.431. The van der Waals surface area contributed by atoms with Gasteiger partial charge in [0.2, 0.25) is 0 Å². The summed E-state index contributed by atoms with van der Waals surface area (Å²) in [6.07, 6.45) is 6.66. The zero-order chi connectivity index (χ0) is 17.5. The summed E-state index contributed by atoms with van der Waals surface area (Å²) in [5, 5.41) is 27.5. The molecule has 0 aliphatic heterocycles. The zero-order valence-corrected chi connectivity index (χ0v) is 13.0. The molecule has 1 aromatic carbocycles. The number of ether oxygens (including phenoxy) is 1. The topological polar surface area (TPSA) is 112 Å². The van der Waals surface area contributed by atoms with E-state index in [4.69, 9.17) is 20.5 Å². The molecule has 1 heterocycles. The van der Waals surface area contributed by atoms with Crippen molar-refractivity contribution in [1.29, 1.82) is 5.26 Å². The van der Waals surface area contributed by atoms with E-state index in [0.29, 0.717) is 22.3 Å². The Morgan fingerprint density at radius 1 is 1.25 bits per heavy atom. The standard InChI is InChI=1S/C17H16BN3O3/c1-24-9-3-2-4-13-10-16(21-17(20)15(13)11-19)12-5-7-14(8-6-12)18(22)23/h2-10,22-23H,1H3,(H2,20,21)/b4-2+,9-3-. The van der Waals surface area contributed by atoms with Gasteiger partial charge in [0.15, 0.2) is 0 Å². The number of hydrogen-bond acceptors (Lipinski definition) is 6. The molecule has 0 aliphatic rings. The van der Waals surface area contributed by atoms with Crippen LogP contribution in [-0.2, 0) is 4.74 Å². The molecular formula is C17H16BN3O3. The highest BCUT2D eigenvalue weighted by Gasteiger charge is 2.12. The summed E-state index contributed by atoms with van der Waals surface area (Å²) in [5.74, 6) is 0.136. The van der Waals surface area contributed by atoms with Crippen LogP contribution in [-0.4, -0.2) is 29.3 Å². The SMILES string of the molecule is CO/C=C\C=C\c1cc(-c2ccc(B(O)O)cc2)nc(N)c1C#N. The molecule has 6 nitrogen and oxygen atoms in total. The lowest BCUT2D eigenvalue weighted by Crippen LogP contribution is -2.29. The predicted molar refractivity (Wildman–Crippen MR) is 93.8 cm³/mol. The molecular weight excluding hydrogens is 305 g/mol. The molecule has 120 valence electrons. The first-order valence-electron chi connectivity index (χ1n) is 7.10. The van der Waals surface area contributed by atoms with Crippen LogP contribution in [0.2, 0.25) is 0 Å². The Kier molecular flexibility index (Phi) is 5.74. The molecule has 7 heteroatoms. The van der Waals surface area contributed by atoms with Crippen molar-refractivity contribution in [3.05, 3.63) is 59.9 Å². The number of pyridine rings is 1. The molecule has 0 unspecified atom stereocenters. The van der Waals surface area contributed by atoms with E-state index in [1.54, 1.807) is 55.7 Å². The molecule has 0 saturated carbocycles. The number of aromatic nitrogens is 1. The smallest absolute Gasteiger partial charge is 0.488 e. The van der Waals surface area contributed by atoms with Gasteiger partial charge < -0.3 is 20.5 Å². The van der Waals surface area contributed by atoms with Crippen LogP contribution in [0.1, 0.15) is 11.1 Å². The van der Waals surface area contributed by atoms with Crippen molar-refractivity contribution < 1.29 is 14.8 Å². The van der Waals surface area contributed by atoms with E-state index in [-0.39, 0.29) is 5.82 Å². The molecule has 0 fully saturated rings. The molecule has 0 bridgehead atoms. The van der Waals surface area contributed by atoms with Crippen LogP contribution < -0.4 is 11.2 Å². The van der Waals surface area contributed by atoms with Crippen LogP contribution in [0.15, 0.2) is 48.7 Å². The fraction of sp³-hybridized carbons (Fsp3) is 0.0588. The van der Waals surface area contributed by atoms with E-state index in [2.05, 4.69) is 4.98 Å². The van der Waals surface area contributed by atoms with Gasteiger partial charge in [0.05, 0.1) is 19.1 Å². The van der Waals surface area contributed by atoms with Crippen LogP contribution in [0.25, 0.3) is 17.3 Å². The maximum Gasteiger partial charge on any atom is 0.488 e. The molecule has 0 saturated heterocycles. The van der Waals surface area contributed by atoms with Gasteiger partial charge in [-0.1, -0.05) is 36.4 Å². The molecule has 2 rings (SSSR count). The van der Waals surface area contributed by atoms with Crippen LogP contribution in [0.3, 0.4) is 0 Å². The van der Waals surface area contributed by atoms with Gasteiger partial charge in [0, 0.05) is 5.56 Å². The number of nitriles is 1. The number of methoxy groups -OCH3 is 1. The normalized spacial score (nSPS) is 10.9. The summed E-state index contributed by atoms with van der Waals surface area (Å²) in [7, 11) is 0.0182. The number of allylic oxidation sites excluding steroid dienone is 2. The fourth-order valence-corrected chi connectivity index (χ4v) is 2.10. The molecule has 0 amide bonds. The summed E-state index contributed by atoms with van der Waals surface area (Å²) in [6, 6.07) is 10.4. The second-order valence-electron chi connectivity index (χ2n) is 4.89. The van der Waals surface area contributed by atoms with E-state index in [9.17, 15) is 5.26 Å². The summed E-state index contributed by atoms with van der Waals surface area (Å²) in [4.78, 5) is 4.25. The number of nitrogen functional groups attached to an aromatic ring is 1. The molecule has 0 spiro atoms. The highest BCUT2D eigenvalue weighted by atomic mass is 16.5. The average molecular weight is 321 g/mol. The minimum absolute atomic E-state index is 0.136. The van der Waals surface area contributed by atoms with Gasteiger partial charge in [-0.3, -0.25) is 0 Å². The van der Waals surface area contributed by atoms with Crippen LogP contribution in [0, 0.1) is 11.3 Å². The van der Waals surface area contributed by atoms with Crippen molar-refractivity contribution in [3.63, 3.8) is 0 Å². The molecule has 0 radical (unpaired) electrons. The van der Waals surface area contributed by atoms with E-state index in [1.165, 1.54) is 6.26 Å². The third kappa shape index (κ3) is 4.01. The lowest BCUT2D eigenvalue weighted by Gasteiger charge is -2.08. The van der Waals surface area contributed by atoms with Crippen molar-refractivity contribution >= 4 is 24.5 Å². The van der Waals surface area contributed by atoms with Crippen LogP contribution in [0.5, 0.6) is 0 Å². The second kappa shape index (κ2) is 7.97. The predicted octanol–water partition coefficient (Wildman–Crippen LogP) is 1.06. The van der Waals surface area contributed by atoms with Crippen molar-refractivity contribution in [2.75, 3.05) is 12.8 Å². The molecule has 0 atom stereocenters. The van der Waals surface area contributed by atoms with Crippen molar-refractivity contribution in [2.45, 2.75) is 0 Å². The van der Waals surface area contributed by atoms with Gasteiger partial charge in [-0.2, -0.15) is 5.26 Å². The lowest BCUT2D eigenvalue weighted by atomic mass is 9.80. The highest BCUT2D eigenvalue weighted by molar-refractivity contribution is 6.58. The van der Waals surface area contributed by atoms with E-state index >= 15 is 0 Å². The minimum atomic E-state index is -1.52. The van der Waals surface area contributed by atoms with Crippen molar-refractivity contribution in [1.82, 2.24) is 4.98 Å². The number of hydrogen-bond donors (Lipinski definition) is 3. The van der Waals surface area contributed by atoms with E-state index < -0.39 is 7.12 Å². The van der Waals surface area contributed by atoms with Crippen molar-refractivity contribution in [3.8, 4) is 17.3 Å². The van der Waals surface area contributed by atoms with Gasteiger partial charge in [-0.05, 0) is 23.2 Å². The van der Waals surface area contributed by atoms with Gasteiger partial charge >= 0.3 is 7.12 Å². The summed E-state index contributed by atoms with van der Waals surface area (Å²) in [5.41, 5.74) is 8.53. The largest absolute Gasteiger partial charge is 0.504 e. The van der Waals surface area contributed by atoms with Gasteiger partial charge in [-0.25, -0.2) is 4.98 Å². The van der Waals surface area contributed by atoms with E-state index in [0.717, 1.165) is 5.56 Å². The molecule has 1 aromatic heterocycles. The van der Waals surface area contributed by atoms with Crippen LogP contribution >= 0.6 is 0 Å². The molecule has 2 aromatic rings. The number of rotatable bonds is 5. The molecule has 4 N–H and O–H groups in total. The first-order valence-corrected chi connectivity index (χ1v) is 7.10. The van der Waals surface area contributed by atoms with Gasteiger partial charge in [-0.15, -0.1) is 0 Å². The Morgan fingerprint density at radius 3 is 2.54 bits per heavy atom. The maximum absolute atomic E-state index is 9.26. The monoisotopic (exact) mass is 321 g/mol. The first-order chi connectivity index (χ1) is 11.6. The summed E-state index contributed by atoms with van der Waals surface area (Å²) >= 11 is 0. The molecule has 24 heavy (non-hydrogen) atoms. The number of benzene rings is 1. The number of nitrogens with two attached hydrogens (primary N) is 1. The zero-order valence-electron chi connectivity index (χ0n) is 13.0. The fourth-order valence-electron chi connectivity index (χ4n) is 2.10. The van der Waals surface area contributed by atoms with E-state index in [1.807, 2.05) is 6.07 Å². The third-order valence-corrected chi connectivity index (χ3v) is 3.30. The second-order valence-corrected chi connectivity index (χ2v) is 4.89. The number of nitrogens with zero attached hydrogens (tertiary/aromatic N) is 2. The van der Waals surface area contributed by atoms with Gasteiger partial charge in [0.1, 0.15) is 17.5 Å². The maximum atomic E-state index is 9.26. The minimum Gasteiger partial charge on any atom is -0.504 e. The summed E-state index contributed by atoms with van der Waals surface area (Å²) in [6.45, 7) is 0. The van der Waals surface area contributed by atoms with Gasteiger partial charge in [0.25, 0.3) is 0 Å². The Morgan fingerprint density at radius 2 is 1.96 bits per heavy atom. The average Bonchev–Trinajstić information content (AvgIpc) is 2.58. The third-order valence-electron chi connectivity index (χ3n) is 3.30. The summed E-state index contributed by atoms with van der Waals surface area (Å²) < 4.78 is 4.81. The first kappa shape index (κ1) is 17.3. The number of anilines is 1. The molecule has 0 aliphatic carbocycles. The van der Waals surface area contributed by atoms with Crippen LogP contribution in [0.4, 0.5) is 5.82 Å². The highest BCUT2D eigenvalue weighted by Crippen LogP contribution is 2.24. The Bertz CT molecular complexity index is 809.